The Morgan fingerprint density at radius 1 is 1.07 bits per heavy atom. The first-order chi connectivity index (χ1) is 12.6. The van der Waals surface area contributed by atoms with Crippen LogP contribution in [0.4, 0.5) is 5.69 Å². The van der Waals surface area contributed by atoms with Crippen molar-refractivity contribution in [2.45, 2.75) is 26.2 Å². The number of benzene rings is 2. The minimum atomic E-state index is -0.448. The number of methoxy groups -OCH3 is 1. The fraction of sp³-hybridized carbons (Fsp3) is 0.318. The Balaban J connectivity index is 2.25. The molecule has 27 heavy (non-hydrogen) atoms. The lowest BCUT2D eigenvalue weighted by Gasteiger charge is -2.22. The summed E-state index contributed by atoms with van der Waals surface area (Å²) in [5.74, 6) is 0.422. The molecule has 0 aliphatic rings. The third-order valence-electron chi connectivity index (χ3n) is 4.64. The topological polar surface area (TPSA) is 62.9 Å². The summed E-state index contributed by atoms with van der Waals surface area (Å²) in [5.41, 5.74) is 2.24. The molecule has 5 heteroatoms. The zero-order valence-electron chi connectivity index (χ0n) is 16.6. The van der Waals surface area contributed by atoms with Gasteiger partial charge in [0.2, 0.25) is 11.2 Å². The van der Waals surface area contributed by atoms with Gasteiger partial charge in [0, 0.05) is 37.0 Å². The van der Waals surface area contributed by atoms with Crippen LogP contribution in [-0.4, -0.2) is 26.3 Å². The van der Waals surface area contributed by atoms with E-state index >= 15 is 0 Å². The second-order valence-corrected chi connectivity index (χ2v) is 7.85. The SMILES string of the molecule is COc1cc2oc(-c3ccc(N(C)C)cc3)c(O)c(=O)c2cc1C(C)(C)C. The molecule has 0 amide bonds. The number of aromatic hydroxyl groups is 1. The van der Waals surface area contributed by atoms with E-state index in [1.807, 2.05) is 64.0 Å². The number of nitrogens with zero attached hydrogens (tertiary/aromatic N) is 1. The van der Waals surface area contributed by atoms with Gasteiger partial charge in [0.15, 0.2) is 5.76 Å². The lowest BCUT2D eigenvalue weighted by Crippen LogP contribution is -2.14. The Morgan fingerprint density at radius 3 is 2.22 bits per heavy atom. The number of rotatable bonds is 3. The lowest BCUT2D eigenvalue weighted by molar-refractivity contribution is 0.397. The summed E-state index contributed by atoms with van der Waals surface area (Å²) in [5, 5.41) is 10.8. The molecule has 0 aliphatic heterocycles. The van der Waals surface area contributed by atoms with Crippen LogP contribution in [0.3, 0.4) is 0 Å². The van der Waals surface area contributed by atoms with E-state index in [2.05, 4.69) is 0 Å². The average molecular weight is 367 g/mol. The van der Waals surface area contributed by atoms with Crippen LogP contribution in [0.5, 0.6) is 11.5 Å². The predicted octanol–water partition coefficient (Wildman–Crippen LogP) is 4.54. The molecule has 1 N–H and O–H groups in total. The molecule has 3 rings (SSSR count). The van der Waals surface area contributed by atoms with Crippen molar-refractivity contribution in [3.63, 3.8) is 0 Å². The first kappa shape index (κ1) is 18.8. The molecule has 0 spiro atoms. The van der Waals surface area contributed by atoms with Crippen molar-refractivity contribution in [1.82, 2.24) is 0 Å². The van der Waals surface area contributed by atoms with E-state index < -0.39 is 5.43 Å². The molecule has 0 unspecified atom stereocenters. The van der Waals surface area contributed by atoms with Crippen molar-refractivity contribution in [3.05, 3.63) is 52.2 Å². The van der Waals surface area contributed by atoms with E-state index in [-0.39, 0.29) is 16.9 Å². The van der Waals surface area contributed by atoms with Gasteiger partial charge >= 0.3 is 0 Å². The molecule has 0 saturated carbocycles. The second kappa shape index (κ2) is 6.65. The van der Waals surface area contributed by atoms with E-state index in [1.165, 1.54) is 0 Å². The number of fused-ring (bicyclic) bond motifs is 1. The van der Waals surface area contributed by atoms with Crippen LogP contribution in [0.15, 0.2) is 45.6 Å². The molecule has 1 aromatic heterocycles. The van der Waals surface area contributed by atoms with Crippen LogP contribution in [-0.2, 0) is 5.41 Å². The monoisotopic (exact) mass is 367 g/mol. The van der Waals surface area contributed by atoms with E-state index in [0.29, 0.717) is 22.3 Å². The maximum Gasteiger partial charge on any atom is 0.235 e. The van der Waals surface area contributed by atoms with Crippen molar-refractivity contribution in [2.24, 2.45) is 0 Å². The molecule has 3 aromatic rings. The number of hydrogen-bond donors (Lipinski definition) is 1. The third kappa shape index (κ3) is 3.37. The fourth-order valence-electron chi connectivity index (χ4n) is 3.07. The molecule has 0 bridgehead atoms. The van der Waals surface area contributed by atoms with Gasteiger partial charge in [0.05, 0.1) is 12.5 Å². The van der Waals surface area contributed by atoms with Crippen LogP contribution in [0, 0.1) is 0 Å². The standard InChI is InChI=1S/C22H25NO4/c1-22(2,3)16-11-15-17(12-18(16)26-6)27-21(20(25)19(15)24)13-7-9-14(10-8-13)23(4)5/h7-12,25H,1-6H3. The van der Waals surface area contributed by atoms with Gasteiger partial charge < -0.3 is 19.2 Å². The van der Waals surface area contributed by atoms with E-state index in [1.54, 1.807) is 19.2 Å². The van der Waals surface area contributed by atoms with Crippen molar-refractivity contribution in [3.8, 4) is 22.8 Å². The molecule has 5 nitrogen and oxygen atoms in total. The first-order valence-electron chi connectivity index (χ1n) is 8.79. The summed E-state index contributed by atoms with van der Waals surface area (Å²) in [4.78, 5) is 14.8. The Morgan fingerprint density at radius 2 is 1.70 bits per heavy atom. The van der Waals surface area contributed by atoms with E-state index in [9.17, 15) is 9.90 Å². The highest BCUT2D eigenvalue weighted by Gasteiger charge is 2.23. The lowest BCUT2D eigenvalue weighted by atomic mass is 9.85. The molecular weight excluding hydrogens is 342 g/mol. The summed E-state index contributed by atoms with van der Waals surface area (Å²) in [7, 11) is 5.49. The molecule has 2 aromatic carbocycles. The van der Waals surface area contributed by atoms with Crippen LogP contribution in [0.25, 0.3) is 22.3 Å². The molecule has 0 atom stereocenters. The second-order valence-electron chi connectivity index (χ2n) is 7.85. The maximum atomic E-state index is 12.8. The van der Waals surface area contributed by atoms with E-state index in [0.717, 1.165) is 11.3 Å². The van der Waals surface area contributed by atoms with Crippen molar-refractivity contribution in [2.75, 3.05) is 26.1 Å². The first-order valence-corrected chi connectivity index (χ1v) is 8.79. The normalized spacial score (nSPS) is 11.6. The fourth-order valence-corrected chi connectivity index (χ4v) is 3.07. The molecule has 1 heterocycles. The zero-order chi connectivity index (χ0) is 19.9. The molecule has 0 aliphatic carbocycles. The molecule has 0 radical (unpaired) electrons. The number of anilines is 1. The Bertz CT molecular complexity index is 1040. The van der Waals surface area contributed by atoms with Gasteiger partial charge in [-0.2, -0.15) is 0 Å². The Kier molecular flexibility index (Phi) is 4.64. The van der Waals surface area contributed by atoms with Crippen LogP contribution in [0.1, 0.15) is 26.3 Å². The largest absolute Gasteiger partial charge is 0.502 e. The van der Waals surface area contributed by atoms with Gasteiger partial charge in [-0.05, 0) is 35.7 Å². The van der Waals surface area contributed by atoms with Gasteiger partial charge in [-0.3, -0.25) is 4.79 Å². The van der Waals surface area contributed by atoms with Gasteiger partial charge in [0.25, 0.3) is 0 Å². The Hall–Kier alpha value is -2.95. The van der Waals surface area contributed by atoms with Crippen molar-refractivity contribution in [1.29, 1.82) is 0 Å². The quantitative estimate of drug-likeness (QED) is 0.736. The zero-order valence-corrected chi connectivity index (χ0v) is 16.6. The predicted molar refractivity (Wildman–Crippen MR) is 109 cm³/mol. The maximum absolute atomic E-state index is 12.8. The van der Waals surface area contributed by atoms with Crippen molar-refractivity contribution >= 4 is 16.7 Å². The molecule has 142 valence electrons. The highest BCUT2D eigenvalue weighted by atomic mass is 16.5. The molecular formula is C22H25NO4. The summed E-state index contributed by atoms with van der Waals surface area (Å²) in [6.45, 7) is 6.12. The Labute approximate surface area is 158 Å². The summed E-state index contributed by atoms with van der Waals surface area (Å²) in [6.07, 6.45) is 0. The molecule has 0 fully saturated rings. The van der Waals surface area contributed by atoms with Crippen LogP contribution >= 0.6 is 0 Å². The van der Waals surface area contributed by atoms with Gasteiger partial charge in [-0.25, -0.2) is 0 Å². The minimum absolute atomic E-state index is 0.156. The van der Waals surface area contributed by atoms with Crippen molar-refractivity contribution < 1.29 is 14.3 Å². The summed E-state index contributed by atoms with van der Waals surface area (Å²) >= 11 is 0. The third-order valence-corrected chi connectivity index (χ3v) is 4.64. The molecule has 0 saturated heterocycles. The van der Waals surface area contributed by atoms with Crippen LogP contribution < -0.4 is 15.1 Å². The van der Waals surface area contributed by atoms with Gasteiger partial charge in [-0.15, -0.1) is 0 Å². The smallest absolute Gasteiger partial charge is 0.235 e. The van der Waals surface area contributed by atoms with E-state index in [4.69, 9.17) is 9.15 Å². The number of ether oxygens (including phenoxy) is 1. The van der Waals surface area contributed by atoms with Gasteiger partial charge in [0.1, 0.15) is 11.3 Å². The summed E-state index contributed by atoms with van der Waals surface area (Å²) < 4.78 is 11.4. The van der Waals surface area contributed by atoms with Gasteiger partial charge in [-0.1, -0.05) is 20.8 Å². The highest BCUT2D eigenvalue weighted by molar-refractivity contribution is 5.84. The number of hydrogen-bond acceptors (Lipinski definition) is 5. The highest BCUT2D eigenvalue weighted by Crippen LogP contribution is 2.37. The average Bonchev–Trinajstić information content (AvgIpc) is 2.63. The minimum Gasteiger partial charge on any atom is -0.502 e. The van der Waals surface area contributed by atoms with Crippen LogP contribution in [0.2, 0.25) is 0 Å². The summed E-state index contributed by atoms with van der Waals surface area (Å²) in [6, 6.07) is 10.9.